The van der Waals surface area contributed by atoms with Gasteiger partial charge < -0.3 is 4.90 Å². The van der Waals surface area contributed by atoms with Crippen LogP contribution in [0.15, 0.2) is 52.7 Å². The largest absolute Gasteiger partial charge is 0.333 e. The van der Waals surface area contributed by atoms with Crippen molar-refractivity contribution in [1.29, 1.82) is 0 Å². The zero-order valence-corrected chi connectivity index (χ0v) is 22.4. The van der Waals surface area contributed by atoms with E-state index in [2.05, 4.69) is 14.8 Å². The summed E-state index contributed by atoms with van der Waals surface area (Å²) in [5.74, 6) is -0.0304. The van der Waals surface area contributed by atoms with E-state index in [0.717, 1.165) is 0 Å². The minimum absolute atomic E-state index is 0.119. The lowest BCUT2D eigenvalue weighted by Crippen LogP contribution is -2.43. The molecule has 2 fully saturated rings. The number of aliphatic imine (C=N–C) groups is 1. The van der Waals surface area contributed by atoms with Crippen LogP contribution < -0.4 is 4.72 Å². The van der Waals surface area contributed by atoms with Gasteiger partial charge in [-0.15, -0.1) is 11.3 Å². The Morgan fingerprint density at radius 3 is 2.68 bits per heavy atom. The van der Waals surface area contributed by atoms with Gasteiger partial charge in [0, 0.05) is 58.6 Å². The highest BCUT2D eigenvalue weighted by Gasteiger charge is 2.52. The maximum atomic E-state index is 13.9. The van der Waals surface area contributed by atoms with Crippen LogP contribution in [0, 0.1) is 5.82 Å². The molecule has 0 unspecified atom stereocenters. The molecular weight excluding hydrogens is 561 g/mol. The molecule has 200 valence electrons. The van der Waals surface area contributed by atoms with Gasteiger partial charge in [-0.05, 0) is 38.0 Å². The predicted octanol–water partition coefficient (Wildman–Crippen LogP) is 4.99. The van der Waals surface area contributed by atoms with E-state index in [1.165, 1.54) is 41.8 Å². The molecule has 1 saturated carbocycles. The van der Waals surface area contributed by atoms with Crippen LogP contribution >= 0.6 is 22.9 Å². The Morgan fingerprint density at radius 2 is 2.05 bits per heavy atom. The fraction of sp³-hybridized carbons (Fsp3) is 0.375. The van der Waals surface area contributed by atoms with E-state index in [-0.39, 0.29) is 23.7 Å². The number of sulfonamides is 1. The van der Waals surface area contributed by atoms with E-state index >= 15 is 0 Å². The number of halogens is 4. The fourth-order valence-corrected chi connectivity index (χ4v) is 7.27. The van der Waals surface area contributed by atoms with Crippen molar-refractivity contribution in [3.8, 4) is 0 Å². The van der Waals surface area contributed by atoms with Crippen molar-refractivity contribution in [3.05, 3.63) is 74.8 Å². The summed E-state index contributed by atoms with van der Waals surface area (Å²) >= 11 is 7.82. The zero-order valence-electron chi connectivity index (χ0n) is 20.0. The van der Waals surface area contributed by atoms with Gasteiger partial charge in [-0.1, -0.05) is 17.7 Å². The van der Waals surface area contributed by atoms with Gasteiger partial charge >= 0.3 is 6.55 Å². The van der Waals surface area contributed by atoms with E-state index < -0.39 is 39.2 Å². The summed E-state index contributed by atoms with van der Waals surface area (Å²) < 4.78 is 69.5. The first-order chi connectivity index (χ1) is 18.1. The Bertz CT molecular complexity index is 1570. The number of rotatable bonds is 7. The van der Waals surface area contributed by atoms with Gasteiger partial charge in [0.1, 0.15) is 11.9 Å². The highest BCUT2D eigenvalue weighted by atomic mass is 35.5. The second-order valence-electron chi connectivity index (χ2n) is 9.76. The topological polar surface area (TPSA) is 92.5 Å². The minimum atomic E-state index is -3.58. The van der Waals surface area contributed by atoms with Crippen molar-refractivity contribution in [2.24, 2.45) is 4.99 Å². The highest BCUT2D eigenvalue weighted by molar-refractivity contribution is 7.91. The van der Waals surface area contributed by atoms with Crippen LogP contribution in [0.3, 0.4) is 0 Å². The molecule has 2 aromatic heterocycles. The Balaban J connectivity index is 1.51. The van der Waals surface area contributed by atoms with Gasteiger partial charge in [-0.2, -0.15) is 13.9 Å². The van der Waals surface area contributed by atoms with E-state index in [0.29, 0.717) is 45.2 Å². The molecule has 1 N–H and O–H groups in total. The predicted molar refractivity (Wildman–Crippen MR) is 138 cm³/mol. The monoisotopic (exact) mass is 582 g/mol. The molecule has 3 aromatic rings. The van der Waals surface area contributed by atoms with E-state index in [9.17, 15) is 21.6 Å². The molecule has 14 heteroatoms. The number of nitrogens with one attached hydrogen (secondary N) is 1. The van der Waals surface area contributed by atoms with Gasteiger partial charge in [-0.25, -0.2) is 27.2 Å². The molecule has 0 spiro atoms. The smallest absolute Gasteiger partial charge is 0.326 e. The van der Waals surface area contributed by atoms with Crippen LogP contribution in [0.25, 0.3) is 5.57 Å². The van der Waals surface area contributed by atoms with Crippen LogP contribution in [0.2, 0.25) is 5.02 Å². The maximum absolute atomic E-state index is 13.9. The van der Waals surface area contributed by atoms with Crippen LogP contribution in [-0.2, 0) is 10.0 Å². The first kappa shape index (κ1) is 25.5. The van der Waals surface area contributed by atoms with Crippen molar-refractivity contribution >= 4 is 44.4 Å². The zero-order chi connectivity index (χ0) is 26.8. The van der Waals surface area contributed by atoms with Crippen molar-refractivity contribution in [2.75, 3.05) is 6.54 Å². The quantitative estimate of drug-likeness (QED) is 0.424. The second kappa shape index (κ2) is 9.18. The summed E-state index contributed by atoms with van der Waals surface area (Å²) in [6.45, 7) is -0.862. The molecular formula is C24H22ClF3N6O2S2. The van der Waals surface area contributed by atoms with Gasteiger partial charge in [0.25, 0.3) is 0 Å². The minimum Gasteiger partial charge on any atom is -0.326 e. The lowest BCUT2D eigenvalue weighted by molar-refractivity contribution is 0.0564. The Labute approximate surface area is 225 Å². The van der Waals surface area contributed by atoms with Crippen molar-refractivity contribution in [1.82, 2.24) is 24.4 Å². The normalized spacial score (nSPS) is 22.7. The number of amidine groups is 1. The van der Waals surface area contributed by atoms with Crippen molar-refractivity contribution < 1.29 is 21.6 Å². The Hall–Kier alpha value is -2.74. The summed E-state index contributed by atoms with van der Waals surface area (Å²) in [5, 5.41) is 6.61. The molecule has 1 aliphatic carbocycles. The van der Waals surface area contributed by atoms with Gasteiger partial charge in [0.15, 0.2) is 10.8 Å². The third-order valence-electron chi connectivity index (χ3n) is 7.15. The van der Waals surface area contributed by atoms with Crippen LogP contribution in [-0.4, -0.2) is 51.3 Å². The highest BCUT2D eigenvalue weighted by Crippen LogP contribution is 2.47. The molecule has 1 saturated heterocycles. The van der Waals surface area contributed by atoms with Crippen LogP contribution in [0.1, 0.15) is 55.0 Å². The number of hydrogen-bond donors (Lipinski definition) is 1. The number of alkyl halides is 2. The van der Waals surface area contributed by atoms with Crippen molar-refractivity contribution in [2.45, 2.75) is 49.6 Å². The summed E-state index contributed by atoms with van der Waals surface area (Å²) in [4.78, 5) is 11.2. The Morgan fingerprint density at radius 1 is 1.26 bits per heavy atom. The molecule has 8 nitrogen and oxygen atoms in total. The lowest BCUT2D eigenvalue weighted by Gasteiger charge is -2.32. The summed E-state index contributed by atoms with van der Waals surface area (Å²) in [6.07, 6.45) is 4.26. The number of benzene rings is 1. The average molecular weight is 583 g/mol. The summed E-state index contributed by atoms with van der Waals surface area (Å²) in [6, 6.07) is 4.09. The molecule has 6 rings (SSSR count). The van der Waals surface area contributed by atoms with Crippen LogP contribution in [0.4, 0.5) is 13.2 Å². The second-order valence-corrected chi connectivity index (χ2v) is 13.3. The summed E-state index contributed by atoms with van der Waals surface area (Å²) in [7, 11) is -3.58. The Kier molecular flexibility index (Phi) is 6.17. The SMILES string of the molecule is CC1(S(=O)(=O)N[C@H]2CC3=C(c4ccn(C(F)F)n4)[C@H](c4ccc(F)cc4Cl)N=C(c4nccs4)N3C2)CC1. The molecule has 38 heavy (non-hydrogen) atoms. The molecule has 3 aliphatic rings. The van der Waals surface area contributed by atoms with E-state index in [1.807, 2.05) is 4.90 Å². The van der Waals surface area contributed by atoms with Gasteiger partial charge in [0.05, 0.1) is 10.4 Å². The van der Waals surface area contributed by atoms with Gasteiger partial charge in [0.2, 0.25) is 10.0 Å². The molecule has 1 aromatic carbocycles. The van der Waals surface area contributed by atoms with E-state index in [4.69, 9.17) is 16.6 Å². The summed E-state index contributed by atoms with van der Waals surface area (Å²) in [5.41, 5.74) is 1.88. The standard InChI is InChI=1S/C24H22ClF3N6O2S2/c1-24(5-6-24)38(35,36)32-14-11-18-19(17-4-8-34(31-17)23(27)28)20(15-3-2-13(26)10-16(15)25)30-21(33(18)12-14)22-29-7-9-37-22/h2-4,7-10,14,20,23,32H,5-6,11-12H2,1H3/t14-,20-/m0/s1. The van der Waals surface area contributed by atoms with E-state index in [1.54, 1.807) is 18.5 Å². The third kappa shape index (κ3) is 4.34. The molecule has 0 amide bonds. The van der Waals surface area contributed by atoms with Crippen molar-refractivity contribution in [3.63, 3.8) is 0 Å². The maximum Gasteiger partial charge on any atom is 0.333 e. The molecule has 4 heterocycles. The molecule has 0 bridgehead atoms. The fourth-order valence-electron chi connectivity index (χ4n) is 4.84. The molecule has 2 aliphatic heterocycles. The third-order valence-corrected chi connectivity index (χ3v) is 10.6. The number of fused-ring (bicyclic) bond motifs is 1. The number of thiazole rings is 1. The number of nitrogens with zero attached hydrogens (tertiary/aromatic N) is 5. The first-order valence-corrected chi connectivity index (χ1v) is 14.6. The molecule has 2 atom stereocenters. The first-order valence-electron chi connectivity index (χ1n) is 11.8. The van der Waals surface area contributed by atoms with Gasteiger partial charge in [-0.3, -0.25) is 4.99 Å². The van der Waals surface area contributed by atoms with Crippen LogP contribution in [0.5, 0.6) is 0 Å². The lowest BCUT2D eigenvalue weighted by atomic mass is 9.92. The average Bonchev–Trinajstić information content (AvgIpc) is 3.29. The number of hydrogen-bond acceptors (Lipinski definition) is 7. The number of aromatic nitrogens is 3. The molecule has 0 radical (unpaired) electrons.